The highest BCUT2D eigenvalue weighted by Gasteiger charge is 2.39. The second-order valence-electron chi connectivity index (χ2n) is 8.22. The summed E-state index contributed by atoms with van der Waals surface area (Å²) in [5.41, 5.74) is 10.6. The van der Waals surface area contributed by atoms with Gasteiger partial charge >= 0.3 is 6.03 Å². The Balaban J connectivity index is 1.97. The molecule has 184 valence electrons. The molecule has 1 atom stereocenters. The van der Waals surface area contributed by atoms with Crippen molar-refractivity contribution < 1.29 is 9.53 Å². The number of thioether (sulfide) groups is 1. The highest BCUT2D eigenvalue weighted by molar-refractivity contribution is 9.10. The van der Waals surface area contributed by atoms with Crippen molar-refractivity contribution in [1.29, 1.82) is 10.5 Å². The fraction of sp³-hybridized carbons (Fsp3) is 0.138. The number of hydrogen-bond donors (Lipinski definition) is 1. The maximum Gasteiger partial charge on any atom is 0.324 e. The minimum Gasteiger partial charge on any atom is -0.496 e. The highest BCUT2D eigenvalue weighted by atomic mass is 79.9. The molecule has 1 unspecified atom stereocenters. The molecule has 1 aliphatic rings. The van der Waals surface area contributed by atoms with Crippen molar-refractivity contribution in [3.8, 4) is 17.9 Å². The van der Waals surface area contributed by atoms with Crippen molar-refractivity contribution in [2.45, 2.75) is 18.6 Å². The van der Waals surface area contributed by atoms with Crippen LogP contribution in [0.2, 0.25) is 0 Å². The SMILES string of the molecule is COc1ccccc1C1=C(C)N(C(N)=O)C(SCc2ccccc2C#N)=C(C#N)C1c1ccccc1Br. The number of allylic oxidation sites excluding steroid dienone is 3. The summed E-state index contributed by atoms with van der Waals surface area (Å²) in [5.74, 6) is 0.504. The molecule has 0 aromatic heterocycles. The van der Waals surface area contributed by atoms with Crippen molar-refractivity contribution in [3.05, 3.63) is 116 Å². The first-order valence-corrected chi connectivity index (χ1v) is 13.1. The van der Waals surface area contributed by atoms with Crippen LogP contribution >= 0.6 is 27.7 Å². The number of nitrogens with two attached hydrogens (primary N) is 1. The second kappa shape index (κ2) is 11.4. The predicted octanol–water partition coefficient (Wildman–Crippen LogP) is 6.91. The lowest BCUT2D eigenvalue weighted by molar-refractivity contribution is 0.231. The van der Waals surface area contributed by atoms with Crippen LogP contribution in [0.25, 0.3) is 5.57 Å². The largest absolute Gasteiger partial charge is 0.496 e. The molecule has 2 N–H and O–H groups in total. The zero-order valence-corrected chi connectivity index (χ0v) is 22.6. The summed E-state index contributed by atoms with van der Waals surface area (Å²) < 4.78 is 6.50. The average molecular weight is 572 g/mol. The number of urea groups is 1. The summed E-state index contributed by atoms with van der Waals surface area (Å²) in [5, 5.41) is 20.5. The van der Waals surface area contributed by atoms with Gasteiger partial charge in [-0.05, 0) is 41.8 Å². The van der Waals surface area contributed by atoms with Gasteiger partial charge in [0, 0.05) is 21.5 Å². The number of benzene rings is 3. The van der Waals surface area contributed by atoms with E-state index in [1.54, 1.807) is 19.2 Å². The number of carbonyl (C=O) groups excluding carboxylic acids is 1. The standard InChI is InChI=1S/C29H23BrN4O2S/c1-18-26(22-12-6-8-14-25(22)36-2)27(21-11-5-7-13-24(21)30)23(16-32)28(34(18)29(33)35)37-17-20-10-4-3-9-19(20)15-31/h3-14,27H,17H2,1-2H3,(H2,33,35). The van der Waals surface area contributed by atoms with Gasteiger partial charge in [-0.3, -0.25) is 4.90 Å². The summed E-state index contributed by atoms with van der Waals surface area (Å²) in [6, 6.07) is 26.4. The third-order valence-electron chi connectivity index (χ3n) is 6.19. The fourth-order valence-electron chi connectivity index (χ4n) is 4.53. The Morgan fingerprint density at radius 1 is 1.05 bits per heavy atom. The van der Waals surface area contributed by atoms with Crippen molar-refractivity contribution in [1.82, 2.24) is 4.90 Å². The summed E-state index contributed by atoms with van der Waals surface area (Å²) in [4.78, 5) is 14.3. The van der Waals surface area contributed by atoms with Gasteiger partial charge in [0.1, 0.15) is 5.75 Å². The predicted molar refractivity (Wildman–Crippen MR) is 149 cm³/mol. The molecule has 2 amide bonds. The number of ether oxygens (including phenoxy) is 1. The molecule has 1 aliphatic heterocycles. The van der Waals surface area contributed by atoms with Gasteiger partial charge in [0.25, 0.3) is 0 Å². The molecule has 4 rings (SSSR count). The van der Waals surface area contributed by atoms with E-state index in [9.17, 15) is 15.3 Å². The lowest BCUT2D eigenvalue weighted by Gasteiger charge is -2.37. The molecular formula is C29H23BrN4O2S. The van der Waals surface area contributed by atoms with Crippen LogP contribution in [0.5, 0.6) is 5.75 Å². The zero-order chi connectivity index (χ0) is 26.5. The lowest BCUT2D eigenvalue weighted by Crippen LogP contribution is -2.37. The molecule has 0 spiro atoms. The van der Waals surface area contributed by atoms with Crippen LogP contribution in [0.4, 0.5) is 4.79 Å². The van der Waals surface area contributed by atoms with Crippen molar-refractivity contribution in [2.24, 2.45) is 5.73 Å². The van der Waals surface area contributed by atoms with E-state index in [4.69, 9.17) is 10.5 Å². The van der Waals surface area contributed by atoms with Gasteiger partial charge in [0.05, 0.1) is 41.3 Å². The Bertz CT molecular complexity index is 1520. The Labute approximate surface area is 228 Å². The maximum absolute atomic E-state index is 12.9. The normalized spacial score (nSPS) is 15.3. The number of halogens is 1. The van der Waals surface area contributed by atoms with Crippen LogP contribution in [0, 0.1) is 22.7 Å². The van der Waals surface area contributed by atoms with E-state index in [-0.39, 0.29) is 0 Å². The lowest BCUT2D eigenvalue weighted by atomic mass is 9.78. The zero-order valence-electron chi connectivity index (χ0n) is 20.2. The summed E-state index contributed by atoms with van der Waals surface area (Å²) in [6.45, 7) is 1.83. The number of hydrogen-bond acceptors (Lipinski definition) is 5. The molecule has 0 bridgehead atoms. The minimum atomic E-state index is -0.695. The van der Waals surface area contributed by atoms with E-state index in [1.165, 1.54) is 16.7 Å². The molecule has 3 aromatic rings. The van der Waals surface area contributed by atoms with Crippen molar-refractivity contribution in [3.63, 3.8) is 0 Å². The van der Waals surface area contributed by atoms with Crippen LogP contribution in [0.15, 0.2) is 93.6 Å². The van der Waals surface area contributed by atoms with Crippen LogP contribution in [-0.2, 0) is 5.75 Å². The molecule has 3 aromatic carbocycles. The van der Waals surface area contributed by atoms with E-state index in [1.807, 2.05) is 67.6 Å². The number of primary amides is 1. The number of rotatable bonds is 6. The van der Waals surface area contributed by atoms with Gasteiger partial charge in [-0.1, -0.05) is 70.5 Å². The topological polar surface area (TPSA) is 103 Å². The van der Waals surface area contributed by atoms with E-state index < -0.39 is 11.9 Å². The number of nitriles is 2. The Morgan fingerprint density at radius 3 is 2.41 bits per heavy atom. The average Bonchev–Trinajstić information content (AvgIpc) is 2.91. The molecule has 0 saturated heterocycles. The highest BCUT2D eigenvalue weighted by Crippen LogP contribution is 2.51. The maximum atomic E-state index is 12.9. The molecule has 0 aliphatic carbocycles. The number of carbonyl (C=O) groups is 1. The van der Waals surface area contributed by atoms with Crippen molar-refractivity contribution in [2.75, 3.05) is 7.11 Å². The van der Waals surface area contributed by atoms with Crippen LogP contribution in [0.3, 0.4) is 0 Å². The van der Waals surface area contributed by atoms with E-state index in [2.05, 4.69) is 28.1 Å². The molecule has 0 radical (unpaired) electrons. The van der Waals surface area contributed by atoms with E-state index in [0.717, 1.165) is 26.7 Å². The van der Waals surface area contributed by atoms with E-state index >= 15 is 0 Å². The molecular weight excluding hydrogens is 548 g/mol. The number of methoxy groups -OCH3 is 1. The third-order valence-corrected chi connectivity index (χ3v) is 8.05. The van der Waals surface area contributed by atoms with Gasteiger partial charge in [-0.2, -0.15) is 10.5 Å². The molecule has 0 fully saturated rings. The summed E-state index contributed by atoms with van der Waals surface area (Å²) in [6.07, 6.45) is 0. The first-order chi connectivity index (χ1) is 17.9. The number of nitrogens with zero attached hydrogens (tertiary/aromatic N) is 3. The second-order valence-corrected chi connectivity index (χ2v) is 10.0. The number of para-hydroxylation sites is 1. The first kappa shape index (κ1) is 26.1. The fourth-order valence-corrected chi connectivity index (χ4v) is 6.26. The van der Waals surface area contributed by atoms with Crippen molar-refractivity contribution >= 4 is 39.3 Å². The van der Waals surface area contributed by atoms with Gasteiger partial charge in [0.15, 0.2) is 0 Å². The number of amides is 2. The molecule has 0 saturated carbocycles. The van der Waals surface area contributed by atoms with Gasteiger partial charge in [0.2, 0.25) is 0 Å². The van der Waals surface area contributed by atoms with Crippen LogP contribution < -0.4 is 10.5 Å². The molecule has 37 heavy (non-hydrogen) atoms. The summed E-state index contributed by atoms with van der Waals surface area (Å²) >= 11 is 4.98. The Kier molecular flexibility index (Phi) is 8.03. The molecule has 8 heteroatoms. The quantitative estimate of drug-likeness (QED) is 0.347. The van der Waals surface area contributed by atoms with Gasteiger partial charge in [-0.25, -0.2) is 4.79 Å². The smallest absolute Gasteiger partial charge is 0.324 e. The molecule has 6 nitrogen and oxygen atoms in total. The van der Waals surface area contributed by atoms with Gasteiger partial charge < -0.3 is 10.5 Å². The Morgan fingerprint density at radius 2 is 1.73 bits per heavy atom. The van der Waals surface area contributed by atoms with Crippen LogP contribution in [0.1, 0.15) is 35.1 Å². The monoisotopic (exact) mass is 570 g/mol. The van der Waals surface area contributed by atoms with E-state index in [0.29, 0.717) is 33.4 Å². The Hall–Kier alpha value is -3.98. The molecule has 1 heterocycles. The first-order valence-electron chi connectivity index (χ1n) is 11.4. The summed E-state index contributed by atoms with van der Waals surface area (Å²) in [7, 11) is 1.59. The third kappa shape index (κ3) is 4.99. The minimum absolute atomic E-state index is 0.383. The van der Waals surface area contributed by atoms with Gasteiger partial charge in [-0.15, -0.1) is 11.8 Å². The van der Waals surface area contributed by atoms with Crippen LogP contribution in [-0.4, -0.2) is 18.0 Å².